The van der Waals surface area contributed by atoms with Gasteiger partial charge in [0, 0.05) is 37.1 Å². The number of morpholine rings is 1. The van der Waals surface area contributed by atoms with Gasteiger partial charge >= 0.3 is 0 Å². The number of benzene rings is 1. The van der Waals surface area contributed by atoms with Crippen LogP contribution in [0.1, 0.15) is 0 Å². The molecule has 0 amide bonds. The molecule has 0 unspecified atom stereocenters. The van der Waals surface area contributed by atoms with Gasteiger partial charge in [-0.2, -0.15) is 0 Å². The molecule has 4 rings (SSSR count). The van der Waals surface area contributed by atoms with E-state index in [1.165, 1.54) is 12.1 Å². The van der Waals surface area contributed by atoms with Crippen LogP contribution in [0.25, 0.3) is 21.3 Å². The normalized spacial score (nSPS) is 15.6. The lowest BCUT2D eigenvalue weighted by Gasteiger charge is -2.26. The summed E-state index contributed by atoms with van der Waals surface area (Å²) in [5.41, 5.74) is 2.01. The number of rotatable bonds is 5. The lowest BCUT2D eigenvalue weighted by atomic mass is 10.1. The molecule has 1 aliphatic rings. The number of ether oxygens (including phenoxy) is 1. The Kier molecular flexibility index (Phi) is 4.87. The second kappa shape index (κ2) is 7.43. The van der Waals surface area contributed by atoms with Gasteiger partial charge in [0.2, 0.25) is 0 Å². The van der Waals surface area contributed by atoms with Crippen LogP contribution in [0.5, 0.6) is 0 Å². The highest BCUT2D eigenvalue weighted by atomic mass is 32.1. The summed E-state index contributed by atoms with van der Waals surface area (Å²) >= 11 is 1.58. The first-order valence-electron chi connectivity index (χ1n) is 8.33. The summed E-state index contributed by atoms with van der Waals surface area (Å²) < 4.78 is 18.6. The SMILES string of the molecule is Fc1ccc(-c2csc3ncnc(NCCN4CCOCC4)c23)cc1. The first-order valence-corrected chi connectivity index (χ1v) is 9.21. The molecular formula is C18H19FN4OS. The highest BCUT2D eigenvalue weighted by molar-refractivity contribution is 7.17. The predicted molar refractivity (Wildman–Crippen MR) is 98.6 cm³/mol. The van der Waals surface area contributed by atoms with Gasteiger partial charge in [-0.05, 0) is 17.7 Å². The number of nitrogens with zero attached hydrogens (tertiary/aromatic N) is 3. The molecule has 0 radical (unpaired) electrons. The van der Waals surface area contributed by atoms with Gasteiger partial charge in [0.1, 0.15) is 22.8 Å². The number of thiophene rings is 1. The molecule has 0 saturated carbocycles. The molecule has 0 bridgehead atoms. The molecule has 2 aromatic heterocycles. The van der Waals surface area contributed by atoms with E-state index in [1.807, 2.05) is 0 Å². The fourth-order valence-electron chi connectivity index (χ4n) is 3.01. The molecule has 3 heterocycles. The number of halogens is 1. The Hall–Kier alpha value is -2.09. The molecule has 1 saturated heterocycles. The zero-order valence-electron chi connectivity index (χ0n) is 13.7. The van der Waals surface area contributed by atoms with E-state index >= 15 is 0 Å². The van der Waals surface area contributed by atoms with Crippen molar-refractivity contribution in [3.05, 3.63) is 41.8 Å². The van der Waals surface area contributed by atoms with E-state index < -0.39 is 0 Å². The molecular weight excluding hydrogens is 339 g/mol. The highest BCUT2D eigenvalue weighted by Crippen LogP contribution is 2.36. The van der Waals surface area contributed by atoms with Crippen molar-refractivity contribution in [2.75, 3.05) is 44.7 Å². The van der Waals surface area contributed by atoms with Crippen LogP contribution in [-0.2, 0) is 4.74 Å². The molecule has 1 fully saturated rings. The molecule has 0 spiro atoms. The maximum atomic E-state index is 13.2. The van der Waals surface area contributed by atoms with E-state index in [-0.39, 0.29) is 5.82 Å². The average Bonchev–Trinajstić information content (AvgIpc) is 3.08. The third kappa shape index (κ3) is 3.63. The Bertz CT molecular complexity index is 846. The van der Waals surface area contributed by atoms with Crippen LogP contribution >= 0.6 is 11.3 Å². The van der Waals surface area contributed by atoms with Crippen LogP contribution < -0.4 is 5.32 Å². The van der Waals surface area contributed by atoms with Crippen molar-refractivity contribution in [2.45, 2.75) is 0 Å². The topological polar surface area (TPSA) is 50.3 Å². The molecule has 1 N–H and O–H groups in total. The van der Waals surface area contributed by atoms with Crippen molar-refractivity contribution in [1.29, 1.82) is 0 Å². The van der Waals surface area contributed by atoms with Crippen LogP contribution in [-0.4, -0.2) is 54.3 Å². The van der Waals surface area contributed by atoms with Crippen molar-refractivity contribution in [1.82, 2.24) is 14.9 Å². The zero-order valence-corrected chi connectivity index (χ0v) is 14.6. The van der Waals surface area contributed by atoms with E-state index in [4.69, 9.17) is 4.74 Å². The third-order valence-electron chi connectivity index (χ3n) is 4.35. The largest absolute Gasteiger partial charge is 0.379 e. The Morgan fingerprint density at radius 1 is 1.16 bits per heavy atom. The molecule has 130 valence electrons. The summed E-state index contributed by atoms with van der Waals surface area (Å²) in [5.74, 6) is 0.599. The molecule has 5 nitrogen and oxygen atoms in total. The van der Waals surface area contributed by atoms with Crippen molar-refractivity contribution in [3.63, 3.8) is 0 Å². The van der Waals surface area contributed by atoms with Crippen molar-refractivity contribution < 1.29 is 9.13 Å². The van der Waals surface area contributed by atoms with Crippen molar-refractivity contribution in [3.8, 4) is 11.1 Å². The van der Waals surface area contributed by atoms with Gasteiger partial charge in [0.05, 0.1) is 18.6 Å². The van der Waals surface area contributed by atoms with Crippen LogP contribution in [0.2, 0.25) is 0 Å². The minimum atomic E-state index is -0.233. The summed E-state index contributed by atoms with van der Waals surface area (Å²) in [5, 5.41) is 6.50. The van der Waals surface area contributed by atoms with E-state index in [0.29, 0.717) is 0 Å². The molecule has 7 heteroatoms. The molecule has 1 aliphatic heterocycles. The molecule has 3 aromatic rings. The number of anilines is 1. The summed E-state index contributed by atoms with van der Waals surface area (Å²) in [7, 11) is 0. The van der Waals surface area contributed by atoms with Crippen molar-refractivity contribution in [2.24, 2.45) is 0 Å². The summed E-state index contributed by atoms with van der Waals surface area (Å²) in [4.78, 5) is 12.1. The number of hydrogen-bond donors (Lipinski definition) is 1. The first kappa shape index (κ1) is 16.4. The maximum absolute atomic E-state index is 13.2. The van der Waals surface area contributed by atoms with Gasteiger partial charge in [-0.1, -0.05) is 12.1 Å². The third-order valence-corrected chi connectivity index (χ3v) is 5.24. The Morgan fingerprint density at radius 3 is 2.76 bits per heavy atom. The molecule has 1 aromatic carbocycles. The second-order valence-electron chi connectivity index (χ2n) is 5.94. The van der Waals surface area contributed by atoms with Crippen LogP contribution in [0.4, 0.5) is 10.2 Å². The van der Waals surface area contributed by atoms with Gasteiger partial charge in [0.15, 0.2) is 0 Å². The fourth-order valence-corrected chi connectivity index (χ4v) is 3.92. The van der Waals surface area contributed by atoms with E-state index in [9.17, 15) is 4.39 Å². The minimum absolute atomic E-state index is 0.233. The number of fused-ring (bicyclic) bond motifs is 1. The van der Waals surface area contributed by atoms with Gasteiger partial charge in [-0.25, -0.2) is 14.4 Å². The summed E-state index contributed by atoms with van der Waals surface area (Å²) in [6.45, 7) is 5.31. The molecule has 0 atom stereocenters. The Morgan fingerprint density at radius 2 is 1.96 bits per heavy atom. The number of aromatic nitrogens is 2. The highest BCUT2D eigenvalue weighted by Gasteiger charge is 2.14. The fraction of sp³-hybridized carbons (Fsp3) is 0.333. The molecule has 25 heavy (non-hydrogen) atoms. The minimum Gasteiger partial charge on any atom is -0.379 e. The van der Waals surface area contributed by atoms with Crippen LogP contribution in [0.3, 0.4) is 0 Å². The van der Waals surface area contributed by atoms with Crippen LogP contribution in [0, 0.1) is 5.82 Å². The standard InChI is InChI=1S/C18H19FN4OS/c19-14-3-1-13(2-4-14)15-11-25-18-16(15)17(21-12-22-18)20-5-6-23-7-9-24-10-8-23/h1-4,11-12H,5-10H2,(H,20,21,22). The first-order chi connectivity index (χ1) is 12.3. The predicted octanol–water partition coefficient (Wildman–Crippen LogP) is 3.24. The quantitative estimate of drug-likeness (QED) is 0.759. The zero-order chi connectivity index (χ0) is 17.1. The number of hydrogen-bond acceptors (Lipinski definition) is 6. The summed E-state index contributed by atoms with van der Waals surface area (Å²) in [6.07, 6.45) is 1.59. The van der Waals surface area contributed by atoms with E-state index in [1.54, 1.807) is 29.8 Å². The number of nitrogens with one attached hydrogen (secondary N) is 1. The lowest BCUT2D eigenvalue weighted by Crippen LogP contribution is -2.39. The Balaban J connectivity index is 1.56. The van der Waals surface area contributed by atoms with Gasteiger partial charge < -0.3 is 10.1 Å². The Labute approximate surface area is 149 Å². The lowest BCUT2D eigenvalue weighted by molar-refractivity contribution is 0.0398. The maximum Gasteiger partial charge on any atom is 0.138 e. The summed E-state index contributed by atoms with van der Waals surface area (Å²) in [6, 6.07) is 6.55. The van der Waals surface area contributed by atoms with E-state index in [2.05, 4.69) is 25.6 Å². The van der Waals surface area contributed by atoms with Gasteiger partial charge in [0.25, 0.3) is 0 Å². The van der Waals surface area contributed by atoms with Gasteiger partial charge in [-0.15, -0.1) is 11.3 Å². The molecule has 0 aliphatic carbocycles. The smallest absolute Gasteiger partial charge is 0.138 e. The van der Waals surface area contributed by atoms with Crippen LogP contribution in [0.15, 0.2) is 36.0 Å². The van der Waals surface area contributed by atoms with E-state index in [0.717, 1.165) is 66.6 Å². The van der Waals surface area contributed by atoms with Crippen molar-refractivity contribution >= 4 is 27.4 Å². The second-order valence-corrected chi connectivity index (χ2v) is 6.80. The van der Waals surface area contributed by atoms with Gasteiger partial charge in [-0.3, -0.25) is 4.90 Å². The average molecular weight is 358 g/mol. The monoisotopic (exact) mass is 358 g/mol.